The first-order valence-corrected chi connectivity index (χ1v) is 11.6. The molecule has 0 fully saturated rings. The summed E-state index contributed by atoms with van der Waals surface area (Å²) >= 11 is 2.36. The maximum atomic E-state index is 15.1. The number of amides is 2. The van der Waals surface area contributed by atoms with Crippen LogP contribution in [0.1, 0.15) is 26.3 Å². The highest BCUT2D eigenvalue weighted by Crippen LogP contribution is 2.55. The minimum Gasteiger partial charge on any atom is -0.404 e. The van der Waals surface area contributed by atoms with Crippen molar-refractivity contribution < 1.29 is 71.4 Å². The van der Waals surface area contributed by atoms with E-state index in [1.807, 2.05) is 5.32 Å². The highest BCUT2D eigenvalue weighted by Gasteiger charge is 2.73. The third kappa shape index (κ3) is 6.97. The van der Waals surface area contributed by atoms with E-state index in [0.717, 1.165) is 18.2 Å². The van der Waals surface area contributed by atoms with Gasteiger partial charge in [0.15, 0.2) is 23.2 Å². The van der Waals surface area contributed by atoms with Crippen molar-refractivity contribution in [3.05, 3.63) is 87.1 Å². The molecule has 232 valence electrons. The zero-order chi connectivity index (χ0) is 32.7. The van der Waals surface area contributed by atoms with Crippen molar-refractivity contribution in [1.82, 2.24) is 0 Å². The average molecular weight is 701 g/mol. The summed E-state index contributed by atoms with van der Waals surface area (Å²) in [6.07, 6.45) is -19.3. The molecule has 0 saturated carbocycles. The van der Waals surface area contributed by atoms with Crippen LogP contribution in [0.3, 0.4) is 0 Å². The van der Waals surface area contributed by atoms with Crippen LogP contribution >= 0.6 is 15.9 Å². The third-order valence-electron chi connectivity index (χ3n) is 5.37. The molecule has 3 rings (SSSR count). The Bertz CT molecular complexity index is 1560. The van der Waals surface area contributed by atoms with Gasteiger partial charge in [-0.25, -0.2) is 17.6 Å². The number of rotatable bonds is 6. The zero-order valence-corrected chi connectivity index (χ0v) is 21.7. The molecule has 2 amide bonds. The molecular weight excluding hydrogens is 691 g/mol. The molecule has 0 unspecified atom stereocenters. The van der Waals surface area contributed by atoms with Gasteiger partial charge in [0.2, 0.25) is 0 Å². The second kappa shape index (κ2) is 11.6. The van der Waals surface area contributed by atoms with Gasteiger partial charge in [-0.2, -0.15) is 26.3 Å². The predicted octanol–water partition coefficient (Wildman–Crippen LogP) is 8.56. The number of anilines is 2. The molecule has 43 heavy (non-hydrogen) atoms. The topological polar surface area (TPSA) is 67.4 Å². The maximum absolute atomic E-state index is 15.1. The molecule has 0 aromatic heterocycles. The van der Waals surface area contributed by atoms with Crippen molar-refractivity contribution in [3.8, 4) is 5.75 Å². The van der Waals surface area contributed by atoms with E-state index in [2.05, 4.69) is 20.7 Å². The van der Waals surface area contributed by atoms with Gasteiger partial charge in [-0.1, -0.05) is 6.07 Å². The largest absolute Gasteiger partial charge is 0.573 e. The molecule has 0 heterocycles. The van der Waals surface area contributed by atoms with E-state index in [9.17, 15) is 62.3 Å². The summed E-state index contributed by atoms with van der Waals surface area (Å²) in [7, 11) is 0. The van der Waals surface area contributed by atoms with Crippen LogP contribution in [0.25, 0.3) is 0 Å². The lowest BCUT2D eigenvalue weighted by atomic mass is 9.93. The summed E-state index contributed by atoms with van der Waals surface area (Å²) in [4.78, 5) is 25.0. The van der Waals surface area contributed by atoms with Gasteiger partial charge >= 0.3 is 24.4 Å². The van der Waals surface area contributed by atoms with Gasteiger partial charge in [-0.3, -0.25) is 9.59 Å². The normalized spacial score (nSPS) is 12.6. The average Bonchev–Trinajstić information content (AvgIpc) is 2.85. The van der Waals surface area contributed by atoms with Gasteiger partial charge in [-0.05, 0) is 58.4 Å². The van der Waals surface area contributed by atoms with E-state index in [1.54, 1.807) is 5.32 Å². The Balaban J connectivity index is 2.04. The van der Waals surface area contributed by atoms with Gasteiger partial charge < -0.3 is 15.4 Å². The second-order valence-corrected chi connectivity index (χ2v) is 9.09. The van der Waals surface area contributed by atoms with E-state index >= 15 is 4.39 Å². The molecule has 0 saturated heterocycles. The smallest absolute Gasteiger partial charge is 0.404 e. The molecule has 3 aromatic rings. The van der Waals surface area contributed by atoms with Crippen LogP contribution in [0, 0.1) is 17.5 Å². The SMILES string of the molecule is O=C(Nc1cccc(C(=O)Nc2c(Br)cc(C(F)(C(F)(F)F)C(F)(F)F)cc2OC(F)(F)F)c1F)c1ccc(F)c(F)c1. The van der Waals surface area contributed by atoms with Crippen LogP contribution < -0.4 is 15.4 Å². The van der Waals surface area contributed by atoms with Gasteiger partial charge in [0.1, 0.15) is 0 Å². The molecule has 0 aliphatic rings. The highest BCUT2D eigenvalue weighted by atomic mass is 79.9. The molecule has 2 N–H and O–H groups in total. The number of hydrogen-bond acceptors (Lipinski definition) is 3. The summed E-state index contributed by atoms with van der Waals surface area (Å²) in [5.41, 5.74) is -12.2. The molecule has 0 aliphatic carbocycles. The Morgan fingerprint density at radius 3 is 1.86 bits per heavy atom. The summed E-state index contributed by atoms with van der Waals surface area (Å²) < 4.78 is 176. The Kier molecular flexibility index (Phi) is 9.01. The van der Waals surface area contributed by atoms with Crippen molar-refractivity contribution in [2.24, 2.45) is 0 Å². The lowest BCUT2D eigenvalue weighted by Gasteiger charge is -2.31. The van der Waals surface area contributed by atoms with E-state index < -0.39 is 98.0 Å². The second-order valence-electron chi connectivity index (χ2n) is 8.24. The number of halogens is 14. The number of nitrogens with one attached hydrogen (secondary N) is 2. The van der Waals surface area contributed by atoms with E-state index in [1.165, 1.54) is 0 Å². The Hall–Kier alpha value is -4.03. The fourth-order valence-corrected chi connectivity index (χ4v) is 3.95. The number of hydrogen-bond donors (Lipinski definition) is 2. The first-order valence-electron chi connectivity index (χ1n) is 10.8. The van der Waals surface area contributed by atoms with Crippen LogP contribution in [0.15, 0.2) is 53.0 Å². The van der Waals surface area contributed by atoms with Crippen molar-refractivity contribution in [1.29, 1.82) is 0 Å². The molecule has 0 aliphatic heterocycles. The minimum absolute atomic E-state index is 0.228. The summed E-state index contributed by atoms with van der Waals surface area (Å²) in [6.45, 7) is 0. The van der Waals surface area contributed by atoms with Gasteiger partial charge in [0.25, 0.3) is 11.8 Å². The standard InChI is InChI=1S/C24H10BrF13N2O3/c25-12-7-10(21(29,22(30,31)32)23(33,34)35)8-16(43-24(36,37)38)18(12)40-20(42)11-2-1-3-15(17(11)28)39-19(41)9-4-5-13(26)14(27)6-9/h1-8H,(H,39,41)(H,40,42). The van der Waals surface area contributed by atoms with Crippen molar-refractivity contribution in [3.63, 3.8) is 0 Å². The molecular formula is C24H10BrF13N2O3. The minimum atomic E-state index is -6.72. The van der Waals surface area contributed by atoms with Gasteiger partial charge in [0, 0.05) is 15.6 Å². The van der Waals surface area contributed by atoms with Crippen LogP contribution in [0.5, 0.6) is 5.75 Å². The van der Waals surface area contributed by atoms with Crippen LogP contribution in [-0.4, -0.2) is 30.5 Å². The van der Waals surface area contributed by atoms with Gasteiger partial charge in [0.05, 0.1) is 16.9 Å². The number of alkyl halides is 10. The Labute approximate surface area is 238 Å². The molecule has 5 nitrogen and oxygen atoms in total. The lowest BCUT2D eigenvalue weighted by molar-refractivity contribution is -0.348. The van der Waals surface area contributed by atoms with Crippen LogP contribution in [0.4, 0.5) is 68.5 Å². The summed E-state index contributed by atoms with van der Waals surface area (Å²) in [5.74, 6) is -9.17. The van der Waals surface area contributed by atoms with Crippen LogP contribution in [-0.2, 0) is 5.67 Å². The van der Waals surface area contributed by atoms with Crippen LogP contribution in [0.2, 0.25) is 0 Å². The van der Waals surface area contributed by atoms with E-state index in [0.29, 0.717) is 18.2 Å². The quantitative estimate of drug-likeness (QED) is 0.253. The Morgan fingerprint density at radius 1 is 0.721 bits per heavy atom. The maximum Gasteiger partial charge on any atom is 0.573 e. The molecule has 0 atom stereocenters. The summed E-state index contributed by atoms with van der Waals surface area (Å²) in [6, 6.07) is 3.49. The van der Waals surface area contributed by atoms with Crippen molar-refractivity contribution in [2.45, 2.75) is 24.4 Å². The fraction of sp³-hybridized carbons (Fsp3) is 0.167. The molecule has 3 aromatic carbocycles. The van der Waals surface area contributed by atoms with Crippen molar-refractivity contribution >= 4 is 39.1 Å². The molecule has 0 spiro atoms. The summed E-state index contributed by atoms with van der Waals surface area (Å²) in [5, 5.41) is 3.52. The molecule has 0 bridgehead atoms. The fourth-order valence-electron chi connectivity index (χ4n) is 3.41. The van der Waals surface area contributed by atoms with Gasteiger partial charge in [-0.15, -0.1) is 13.2 Å². The predicted molar refractivity (Wildman–Crippen MR) is 124 cm³/mol. The Morgan fingerprint density at radius 2 is 1.33 bits per heavy atom. The third-order valence-corrected chi connectivity index (χ3v) is 6.00. The monoisotopic (exact) mass is 700 g/mol. The lowest BCUT2D eigenvalue weighted by Crippen LogP contribution is -2.50. The highest BCUT2D eigenvalue weighted by molar-refractivity contribution is 9.10. The molecule has 19 heteroatoms. The number of benzene rings is 3. The number of ether oxygens (including phenoxy) is 1. The van der Waals surface area contributed by atoms with Crippen molar-refractivity contribution in [2.75, 3.05) is 10.6 Å². The van der Waals surface area contributed by atoms with E-state index in [-0.39, 0.29) is 6.07 Å². The first kappa shape index (κ1) is 33.5. The van der Waals surface area contributed by atoms with E-state index in [4.69, 9.17) is 0 Å². The zero-order valence-electron chi connectivity index (χ0n) is 20.1. The first-order chi connectivity index (χ1) is 19.6. The number of carbonyl (C=O) groups is 2. The number of carbonyl (C=O) groups excluding carboxylic acids is 2. The molecule has 0 radical (unpaired) electrons.